The van der Waals surface area contributed by atoms with E-state index >= 15 is 0 Å². The molecule has 1 amide bonds. The van der Waals surface area contributed by atoms with Gasteiger partial charge in [0.25, 0.3) is 5.91 Å². The van der Waals surface area contributed by atoms with Gasteiger partial charge in [0.1, 0.15) is 0 Å². The van der Waals surface area contributed by atoms with E-state index in [4.69, 9.17) is 10.8 Å². The fraction of sp³-hybridized carbons (Fsp3) is 0.500. The average Bonchev–Trinajstić information content (AvgIpc) is 3.30. The van der Waals surface area contributed by atoms with E-state index < -0.39 is 0 Å². The standard InChI is InChI=1S/C20H28N4O.ClH/c1-13-5-9-15(10-6-13)24-12-16(18(23-24)20(2,3)4)19(25)22-11-17(21)14-7-8-14;/h5-6,9-10,12,14,17H,7-8,11,21H2,1-4H3,(H,22,25);1H. The topological polar surface area (TPSA) is 72.9 Å². The number of nitrogens with one attached hydrogen (secondary N) is 1. The van der Waals surface area contributed by atoms with Gasteiger partial charge in [0.2, 0.25) is 0 Å². The van der Waals surface area contributed by atoms with Crippen LogP contribution < -0.4 is 11.1 Å². The summed E-state index contributed by atoms with van der Waals surface area (Å²) in [7, 11) is 0. The van der Waals surface area contributed by atoms with E-state index in [1.807, 2.05) is 30.5 Å². The molecule has 3 rings (SSSR count). The molecule has 0 bridgehead atoms. The summed E-state index contributed by atoms with van der Waals surface area (Å²) in [4.78, 5) is 12.7. The van der Waals surface area contributed by atoms with Crippen molar-refractivity contribution in [3.05, 3.63) is 47.3 Å². The van der Waals surface area contributed by atoms with Gasteiger partial charge in [-0.2, -0.15) is 5.10 Å². The number of hydrogen-bond acceptors (Lipinski definition) is 3. The van der Waals surface area contributed by atoms with Crippen molar-refractivity contribution in [1.82, 2.24) is 15.1 Å². The van der Waals surface area contributed by atoms with Gasteiger partial charge in [0.05, 0.1) is 16.9 Å². The number of halogens is 1. The highest BCUT2D eigenvalue weighted by Crippen LogP contribution is 2.31. The Bertz CT molecular complexity index is 757. The lowest BCUT2D eigenvalue weighted by molar-refractivity contribution is 0.0948. The molecule has 1 atom stereocenters. The SMILES string of the molecule is Cc1ccc(-n2cc(C(=O)NCC(N)C3CC3)c(C(C)(C)C)n2)cc1.Cl. The maximum Gasteiger partial charge on any atom is 0.254 e. The summed E-state index contributed by atoms with van der Waals surface area (Å²) in [5.41, 5.74) is 9.44. The zero-order valence-electron chi connectivity index (χ0n) is 16.0. The Morgan fingerprint density at radius 3 is 2.46 bits per heavy atom. The molecule has 1 aliphatic rings. The number of carbonyl (C=O) groups is 1. The van der Waals surface area contributed by atoms with E-state index in [2.05, 4.69) is 33.0 Å². The second-order valence-electron chi connectivity index (χ2n) is 8.13. The Kier molecular flexibility index (Phi) is 6.14. The van der Waals surface area contributed by atoms with Crippen LogP contribution >= 0.6 is 12.4 Å². The Hall–Kier alpha value is -1.85. The van der Waals surface area contributed by atoms with E-state index in [9.17, 15) is 4.79 Å². The minimum atomic E-state index is -0.221. The number of nitrogens with two attached hydrogens (primary N) is 1. The number of amides is 1. The summed E-state index contributed by atoms with van der Waals surface area (Å²) in [6.45, 7) is 8.78. The molecule has 1 aliphatic carbocycles. The lowest BCUT2D eigenvalue weighted by atomic mass is 9.89. The molecule has 1 fully saturated rings. The number of rotatable bonds is 5. The van der Waals surface area contributed by atoms with Gasteiger partial charge >= 0.3 is 0 Å². The van der Waals surface area contributed by atoms with Gasteiger partial charge in [-0.3, -0.25) is 4.79 Å². The molecule has 0 spiro atoms. The maximum atomic E-state index is 12.7. The molecule has 6 heteroatoms. The molecule has 142 valence electrons. The van der Waals surface area contributed by atoms with Crippen molar-refractivity contribution in [2.75, 3.05) is 6.54 Å². The molecule has 1 heterocycles. The Labute approximate surface area is 161 Å². The van der Waals surface area contributed by atoms with Crippen LogP contribution in [0.25, 0.3) is 5.69 Å². The van der Waals surface area contributed by atoms with E-state index in [-0.39, 0.29) is 29.8 Å². The molecule has 1 saturated carbocycles. The van der Waals surface area contributed by atoms with Crippen LogP contribution in [-0.4, -0.2) is 28.3 Å². The lowest BCUT2D eigenvalue weighted by Gasteiger charge is -2.18. The van der Waals surface area contributed by atoms with E-state index in [0.717, 1.165) is 11.4 Å². The summed E-state index contributed by atoms with van der Waals surface area (Å²) >= 11 is 0. The maximum absolute atomic E-state index is 12.7. The fourth-order valence-corrected chi connectivity index (χ4v) is 2.92. The van der Waals surface area contributed by atoms with Crippen molar-refractivity contribution in [1.29, 1.82) is 0 Å². The molecule has 1 aromatic carbocycles. The smallest absolute Gasteiger partial charge is 0.254 e. The van der Waals surface area contributed by atoms with E-state index in [1.54, 1.807) is 4.68 Å². The number of nitrogens with zero attached hydrogens (tertiary/aromatic N) is 2. The quantitative estimate of drug-likeness (QED) is 0.840. The molecular formula is C20H29ClN4O. The van der Waals surface area contributed by atoms with Gasteiger partial charge in [0, 0.05) is 24.2 Å². The van der Waals surface area contributed by atoms with Crippen LogP contribution in [0.3, 0.4) is 0 Å². The second kappa shape index (κ2) is 7.80. The summed E-state index contributed by atoms with van der Waals surface area (Å²) in [5, 5.41) is 7.69. The van der Waals surface area contributed by atoms with E-state index in [0.29, 0.717) is 18.0 Å². The van der Waals surface area contributed by atoms with Crippen molar-refractivity contribution in [3.8, 4) is 5.69 Å². The third kappa shape index (κ3) is 4.65. The molecule has 5 nitrogen and oxygen atoms in total. The van der Waals surface area contributed by atoms with Gasteiger partial charge in [-0.05, 0) is 37.8 Å². The summed E-state index contributed by atoms with van der Waals surface area (Å²) in [6.07, 6.45) is 4.18. The third-order valence-corrected chi connectivity index (χ3v) is 4.69. The molecular weight excluding hydrogens is 348 g/mol. The van der Waals surface area contributed by atoms with Gasteiger partial charge in [-0.15, -0.1) is 12.4 Å². The van der Waals surface area contributed by atoms with Crippen LogP contribution in [0.15, 0.2) is 30.5 Å². The zero-order chi connectivity index (χ0) is 18.2. The molecule has 1 aromatic heterocycles. The molecule has 26 heavy (non-hydrogen) atoms. The first-order valence-corrected chi connectivity index (χ1v) is 8.96. The number of aromatic nitrogens is 2. The number of aryl methyl sites for hydroxylation is 1. The lowest BCUT2D eigenvalue weighted by Crippen LogP contribution is -2.39. The Morgan fingerprint density at radius 1 is 1.31 bits per heavy atom. The monoisotopic (exact) mass is 376 g/mol. The number of carbonyl (C=O) groups excluding carboxylic acids is 1. The van der Waals surface area contributed by atoms with Crippen molar-refractivity contribution in [2.45, 2.75) is 52.0 Å². The number of hydrogen-bond donors (Lipinski definition) is 2. The van der Waals surface area contributed by atoms with Gasteiger partial charge in [-0.1, -0.05) is 38.5 Å². The van der Waals surface area contributed by atoms with Crippen molar-refractivity contribution in [3.63, 3.8) is 0 Å². The molecule has 0 aliphatic heterocycles. The summed E-state index contributed by atoms with van der Waals surface area (Å²) < 4.78 is 1.79. The molecule has 3 N–H and O–H groups in total. The normalized spacial score (nSPS) is 15.3. The zero-order valence-corrected chi connectivity index (χ0v) is 16.8. The van der Waals surface area contributed by atoms with Crippen molar-refractivity contribution in [2.24, 2.45) is 11.7 Å². The van der Waals surface area contributed by atoms with Crippen LogP contribution in [0.2, 0.25) is 0 Å². The molecule has 0 saturated heterocycles. The average molecular weight is 377 g/mol. The highest BCUT2D eigenvalue weighted by molar-refractivity contribution is 5.95. The minimum Gasteiger partial charge on any atom is -0.350 e. The fourth-order valence-electron chi connectivity index (χ4n) is 2.92. The third-order valence-electron chi connectivity index (χ3n) is 4.69. The first kappa shape index (κ1) is 20.5. The molecule has 1 unspecified atom stereocenters. The Balaban J connectivity index is 0.00000243. The van der Waals surface area contributed by atoms with Crippen LogP contribution in [0, 0.1) is 12.8 Å². The van der Waals surface area contributed by atoms with Crippen molar-refractivity contribution < 1.29 is 4.79 Å². The number of benzene rings is 1. The highest BCUT2D eigenvalue weighted by Gasteiger charge is 2.30. The predicted molar refractivity (Wildman–Crippen MR) is 107 cm³/mol. The van der Waals surface area contributed by atoms with Crippen LogP contribution in [0.5, 0.6) is 0 Å². The van der Waals surface area contributed by atoms with Crippen LogP contribution in [0.1, 0.15) is 55.2 Å². The largest absolute Gasteiger partial charge is 0.350 e. The van der Waals surface area contributed by atoms with Gasteiger partial charge in [0.15, 0.2) is 0 Å². The highest BCUT2D eigenvalue weighted by atomic mass is 35.5. The van der Waals surface area contributed by atoms with Crippen LogP contribution in [0.4, 0.5) is 0 Å². The molecule has 0 radical (unpaired) electrons. The first-order valence-electron chi connectivity index (χ1n) is 8.96. The van der Waals surface area contributed by atoms with Gasteiger partial charge in [-0.25, -0.2) is 4.68 Å². The minimum absolute atomic E-state index is 0. The summed E-state index contributed by atoms with van der Waals surface area (Å²) in [6, 6.07) is 8.16. The molecule has 2 aromatic rings. The predicted octanol–water partition coefficient (Wildman–Crippen LogP) is 3.37. The summed E-state index contributed by atoms with van der Waals surface area (Å²) in [5.74, 6) is 0.469. The Morgan fingerprint density at radius 2 is 1.92 bits per heavy atom. The van der Waals surface area contributed by atoms with E-state index in [1.165, 1.54) is 18.4 Å². The van der Waals surface area contributed by atoms with Gasteiger partial charge < -0.3 is 11.1 Å². The van der Waals surface area contributed by atoms with Crippen molar-refractivity contribution >= 4 is 18.3 Å². The second-order valence-corrected chi connectivity index (χ2v) is 8.13. The first-order chi connectivity index (χ1) is 11.8. The van der Waals surface area contributed by atoms with Crippen LogP contribution in [-0.2, 0) is 5.41 Å².